The van der Waals surface area contributed by atoms with E-state index in [1.54, 1.807) is 29.2 Å². The average molecular weight is 522 g/mol. The van der Waals surface area contributed by atoms with Crippen molar-refractivity contribution in [3.8, 4) is 11.5 Å². The number of benzene rings is 2. The first-order valence-corrected chi connectivity index (χ1v) is 13.8. The first kappa shape index (κ1) is 27.6. The van der Waals surface area contributed by atoms with E-state index in [1.807, 2.05) is 44.2 Å². The molecule has 1 aliphatic heterocycles. The minimum Gasteiger partial charge on any atom is -0.457 e. The van der Waals surface area contributed by atoms with Gasteiger partial charge in [-0.3, -0.25) is 14.4 Å². The summed E-state index contributed by atoms with van der Waals surface area (Å²) in [4.78, 5) is 41.2. The lowest BCUT2D eigenvalue weighted by atomic mass is 9.95. The number of nitrogens with zero attached hydrogens (tertiary/aromatic N) is 1. The zero-order valence-electron chi connectivity index (χ0n) is 22.3. The number of amides is 3. The van der Waals surface area contributed by atoms with E-state index in [0.29, 0.717) is 36.4 Å². The number of ether oxygens (including phenoxy) is 1. The number of carbonyl (C=O) groups is 3. The summed E-state index contributed by atoms with van der Waals surface area (Å²) >= 11 is 0. The molecule has 8 heteroatoms. The van der Waals surface area contributed by atoms with Crippen LogP contribution in [0.3, 0.4) is 0 Å². The van der Waals surface area contributed by atoms with Crippen LogP contribution in [0.25, 0.3) is 0 Å². The van der Waals surface area contributed by atoms with E-state index in [1.165, 1.54) is 6.42 Å². The van der Waals surface area contributed by atoms with Gasteiger partial charge in [-0.25, -0.2) is 0 Å². The summed E-state index contributed by atoms with van der Waals surface area (Å²) in [6.07, 6.45) is 5.11. The Kier molecular flexibility index (Phi) is 9.39. The Bertz CT molecular complexity index is 1100. The molecule has 1 saturated carbocycles. The summed E-state index contributed by atoms with van der Waals surface area (Å²) in [5.74, 6) is -0.0972. The van der Waals surface area contributed by atoms with Crippen LogP contribution in [0.4, 0.5) is 0 Å². The van der Waals surface area contributed by atoms with Crippen molar-refractivity contribution < 1.29 is 24.2 Å². The van der Waals surface area contributed by atoms with Crippen LogP contribution in [0.1, 0.15) is 69.2 Å². The summed E-state index contributed by atoms with van der Waals surface area (Å²) in [6, 6.07) is 14.8. The van der Waals surface area contributed by atoms with Gasteiger partial charge in [0.1, 0.15) is 17.5 Å². The molecule has 0 aromatic heterocycles. The van der Waals surface area contributed by atoms with Crippen LogP contribution in [0.2, 0.25) is 0 Å². The highest BCUT2D eigenvalue weighted by Crippen LogP contribution is 2.25. The molecule has 3 amide bonds. The number of hydrogen-bond acceptors (Lipinski definition) is 5. The fourth-order valence-corrected chi connectivity index (χ4v) is 5.34. The molecule has 3 atom stereocenters. The molecule has 1 unspecified atom stereocenters. The standard InChI is InChI=1S/C30H39N3O5/c1-20(2)26(32-28(35)21-11-9-16-24(19-21)38-23-14-7-4-8-15-23)30(37)33-18-10-17-25(33)27(34)29(36)31-22-12-5-3-6-13-22/h4,7-9,11,14-16,19-20,22,25-27,34H,3,5-6,10,12-13,17-18H2,1-2H3,(H,31,36)(H,32,35)/t25-,26-,27?/m0/s1. The van der Waals surface area contributed by atoms with Gasteiger partial charge in [-0.15, -0.1) is 0 Å². The van der Waals surface area contributed by atoms with Crippen LogP contribution in [-0.4, -0.2) is 58.5 Å². The Morgan fingerprint density at radius 3 is 2.34 bits per heavy atom. The summed E-state index contributed by atoms with van der Waals surface area (Å²) in [6.45, 7) is 4.18. The van der Waals surface area contributed by atoms with Crippen molar-refractivity contribution in [3.63, 3.8) is 0 Å². The highest BCUT2D eigenvalue weighted by molar-refractivity contribution is 5.98. The van der Waals surface area contributed by atoms with Gasteiger partial charge in [-0.1, -0.05) is 57.4 Å². The Morgan fingerprint density at radius 2 is 1.63 bits per heavy atom. The second-order valence-corrected chi connectivity index (χ2v) is 10.7. The molecule has 2 aromatic rings. The predicted molar refractivity (Wildman–Crippen MR) is 145 cm³/mol. The van der Waals surface area contributed by atoms with Crippen LogP contribution >= 0.6 is 0 Å². The first-order chi connectivity index (χ1) is 18.3. The number of carbonyl (C=O) groups excluding carboxylic acids is 3. The molecule has 1 saturated heterocycles. The Labute approximate surface area is 224 Å². The lowest BCUT2D eigenvalue weighted by Gasteiger charge is -2.33. The molecule has 2 fully saturated rings. The van der Waals surface area contributed by atoms with E-state index in [0.717, 1.165) is 25.7 Å². The van der Waals surface area contributed by atoms with Gasteiger partial charge in [0.15, 0.2) is 6.10 Å². The smallest absolute Gasteiger partial charge is 0.252 e. The summed E-state index contributed by atoms with van der Waals surface area (Å²) in [5.41, 5.74) is 0.377. The highest BCUT2D eigenvalue weighted by Gasteiger charge is 2.41. The normalized spacial score (nSPS) is 19.6. The van der Waals surface area contributed by atoms with E-state index >= 15 is 0 Å². The quantitative estimate of drug-likeness (QED) is 0.462. The second-order valence-electron chi connectivity index (χ2n) is 10.7. The van der Waals surface area contributed by atoms with Crippen molar-refractivity contribution in [1.29, 1.82) is 0 Å². The SMILES string of the molecule is CC(C)[C@H](NC(=O)c1cccc(Oc2ccccc2)c1)C(=O)N1CCC[C@H]1C(O)C(=O)NC1CCCCC1. The minimum atomic E-state index is -1.29. The lowest BCUT2D eigenvalue weighted by Crippen LogP contribution is -2.57. The molecule has 8 nitrogen and oxygen atoms in total. The summed E-state index contributed by atoms with van der Waals surface area (Å²) < 4.78 is 5.85. The molecule has 2 aromatic carbocycles. The number of hydrogen-bond donors (Lipinski definition) is 3. The largest absolute Gasteiger partial charge is 0.457 e. The van der Waals surface area contributed by atoms with Crippen molar-refractivity contribution in [3.05, 3.63) is 60.2 Å². The summed E-state index contributed by atoms with van der Waals surface area (Å²) in [5, 5.41) is 16.8. The van der Waals surface area contributed by atoms with Gasteiger partial charge in [0, 0.05) is 18.2 Å². The van der Waals surface area contributed by atoms with Gasteiger partial charge >= 0.3 is 0 Å². The van der Waals surface area contributed by atoms with Gasteiger partial charge in [0.05, 0.1) is 6.04 Å². The molecule has 0 spiro atoms. The Balaban J connectivity index is 1.41. The zero-order chi connectivity index (χ0) is 27.1. The molecule has 0 radical (unpaired) electrons. The van der Waals surface area contributed by atoms with Crippen LogP contribution in [0, 0.1) is 5.92 Å². The van der Waals surface area contributed by atoms with E-state index in [4.69, 9.17) is 4.74 Å². The molecule has 3 N–H and O–H groups in total. The number of aliphatic hydroxyl groups is 1. The summed E-state index contributed by atoms with van der Waals surface area (Å²) in [7, 11) is 0. The second kappa shape index (κ2) is 12.9. The van der Waals surface area contributed by atoms with Crippen molar-refractivity contribution in [1.82, 2.24) is 15.5 Å². The molecular weight excluding hydrogens is 482 g/mol. The van der Waals surface area contributed by atoms with Gasteiger partial charge in [-0.05, 0) is 61.9 Å². The van der Waals surface area contributed by atoms with Crippen molar-refractivity contribution >= 4 is 17.7 Å². The van der Waals surface area contributed by atoms with Crippen LogP contribution < -0.4 is 15.4 Å². The third-order valence-electron chi connectivity index (χ3n) is 7.46. The third kappa shape index (κ3) is 6.92. The van der Waals surface area contributed by atoms with E-state index in [-0.39, 0.29) is 23.8 Å². The monoisotopic (exact) mass is 521 g/mol. The Hall–Kier alpha value is -3.39. The van der Waals surface area contributed by atoms with Crippen molar-refractivity contribution in [2.75, 3.05) is 6.54 Å². The number of nitrogens with one attached hydrogen (secondary N) is 2. The van der Waals surface area contributed by atoms with Crippen LogP contribution in [-0.2, 0) is 9.59 Å². The van der Waals surface area contributed by atoms with Crippen LogP contribution in [0.5, 0.6) is 11.5 Å². The number of para-hydroxylation sites is 1. The van der Waals surface area contributed by atoms with Gasteiger partial charge < -0.3 is 25.4 Å². The predicted octanol–water partition coefficient (Wildman–Crippen LogP) is 4.03. The molecule has 204 valence electrons. The number of likely N-dealkylation sites (tertiary alicyclic amines) is 1. The highest BCUT2D eigenvalue weighted by atomic mass is 16.5. The Morgan fingerprint density at radius 1 is 0.921 bits per heavy atom. The van der Waals surface area contributed by atoms with E-state index < -0.39 is 24.1 Å². The lowest BCUT2D eigenvalue weighted by molar-refractivity contribution is -0.141. The molecule has 0 bridgehead atoms. The molecule has 38 heavy (non-hydrogen) atoms. The van der Waals surface area contributed by atoms with Gasteiger partial charge in [-0.2, -0.15) is 0 Å². The molecular formula is C30H39N3O5. The molecule has 1 aliphatic carbocycles. The topological polar surface area (TPSA) is 108 Å². The maximum Gasteiger partial charge on any atom is 0.252 e. The maximum absolute atomic E-state index is 13.6. The molecule has 1 heterocycles. The maximum atomic E-state index is 13.6. The van der Waals surface area contributed by atoms with E-state index in [2.05, 4.69) is 10.6 Å². The minimum absolute atomic E-state index is 0.0841. The van der Waals surface area contributed by atoms with Crippen molar-refractivity contribution in [2.45, 2.75) is 83.0 Å². The van der Waals surface area contributed by atoms with Crippen molar-refractivity contribution in [2.24, 2.45) is 5.92 Å². The van der Waals surface area contributed by atoms with E-state index in [9.17, 15) is 19.5 Å². The number of aliphatic hydroxyl groups excluding tert-OH is 1. The average Bonchev–Trinajstić information content (AvgIpc) is 3.42. The molecule has 4 rings (SSSR count). The number of rotatable bonds is 9. The van der Waals surface area contributed by atoms with Gasteiger partial charge in [0.25, 0.3) is 11.8 Å². The first-order valence-electron chi connectivity index (χ1n) is 13.8. The fraction of sp³-hybridized carbons (Fsp3) is 0.500. The third-order valence-corrected chi connectivity index (χ3v) is 7.46. The fourth-order valence-electron chi connectivity index (χ4n) is 5.34. The molecule has 2 aliphatic rings. The zero-order valence-corrected chi connectivity index (χ0v) is 22.3. The van der Waals surface area contributed by atoms with Gasteiger partial charge in [0.2, 0.25) is 5.91 Å². The van der Waals surface area contributed by atoms with Crippen LogP contribution in [0.15, 0.2) is 54.6 Å².